The van der Waals surface area contributed by atoms with E-state index in [-0.39, 0.29) is 17.2 Å². The Morgan fingerprint density at radius 2 is 2.00 bits per heavy atom. The quantitative estimate of drug-likeness (QED) is 0.729. The number of halogens is 3. The molecule has 1 unspecified atom stereocenters. The Balaban J connectivity index is 0.000000360. The smallest absolute Gasteiger partial charge is 0.475 e. The number of carboxylic acid groups (broad SMARTS) is 1. The van der Waals surface area contributed by atoms with Crippen molar-refractivity contribution in [3.05, 3.63) is 40.1 Å². The number of hydrogen-bond acceptors (Lipinski definition) is 7. The summed E-state index contributed by atoms with van der Waals surface area (Å²) in [6.07, 6.45) is -0.705. The van der Waals surface area contributed by atoms with Crippen molar-refractivity contribution in [1.29, 1.82) is 0 Å². The average molecular weight is 471 g/mol. The van der Waals surface area contributed by atoms with E-state index >= 15 is 0 Å². The highest BCUT2D eigenvalue weighted by Crippen LogP contribution is 2.41. The fraction of sp³-hybridized carbons (Fsp3) is 0.474. The molecule has 32 heavy (non-hydrogen) atoms. The lowest BCUT2D eigenvalue weighted by molar-refractivity contribution is -0.192. The Labute approximate surface area is 184 Å². The van der Waals surface area contributed by atoms with Gasteiger partial charge in [-0.25, -0.2) is 9.78 Å². The lowest BCUT2D eigenvalue weighted by Crippen LogP contribution is -2.34. The van der Waals surface area contributed by atoms with E-state index in [4.69, 9.17) is 9.90 Å². The van der Waals surface area contributed by atoms with Crippen molar-refractivity contribution in [2.24, 2.45) is 5.41 Å². The van der Waals surface area contributed by atoms with E-state index in [9.17, 15) is 22.8 Å². The summed E-state index contributed by atoms with van der Waals surface area (Å²) in [5.41, 5.74) is 1.37. The minimum atomic E-state index is -5.08. The molecule has 1 atom stereocenters. The van der Waals surface area contributed by atoms with Gasteiger partial charge in [-0.2, -0.15) is 23.4 Å². The van der Waals surface area contributed by atoms with E-state index in [1.165, 1.54) is 12.4 Å². The molecule has 2 fully saturated rings. The zero-order valence-corrected chi connectivity index (χ0v) is 17.8. The van der Waals surface area contributed by atoms with Gasteiger partial charge in [-0.15, -0.1) is 11.3 Å². The molecule has 2 amide bonds. The standard InChI is InChI=1S/C17H19N5O2S.C2HF3O2/c1-12-20-14(9-25-12)8-22-11-17(6-15(22)23)3-5-21(10-17)16(24)13-2-4-18-19-7-13;3-2(4,5)1(6)7/h2,4,7,9H,3,5-6,8,10-11H2,1H3;(H,6,7). The first-order valence-electron chi connectivity index (χ1n) is 9.54. The van der Waals surface area contributed by atoms with Gasteiger partial charge in [0.05, 0.1) is 35.2 Å². The highest BCUT2D eigenvalue weighted by atomic mass is 32.1. The minimum Gasteiger partial charge on any atom is -0.475 e. The summed E-state index contributed by atoms with van der Waals surface area (Å²) in [5, 5.41) is 17.6. The van der Waals surface area contributed by atoms with E-state index in [1.54, 1.807) is 17.4 Å². The van der Waals surface area contributed by atoms with Crippen LogP contribution >= 0.6 is 11.3 Å². The maximum absolute atomic E-state index is 12.6. The summed E-state index contributed by atoms with van der Waals surface area (Å²) < 4.78 is 31.7. The molecule has 0 saturated carbocycles. The number of aryl methyl sites for hydroxylation is 1. The van der Waals surface area contributed by atoms with E-state index in [0.29, 0.717) is 38.2 Å². The van der Waals surface area contributed by atoms with Gasteiger partial charge in [0.2, 0.25) is 5.91 Å². The van der Waals surface area contributed by atoms with Gasteiger partial charge < -0.3 is 14.9 Å². The molecule has 2 saturated heterocycles. The van der Waals surface area contributed by atoms with Crippen LogP contribution in [0, 0.1) is 12.3 Å². The zero-order chi connectivity index (χ0) is 23.5. The molecule has 4 heterocycles. The molecule has 172 valence electrons. The van der Waals surface area contributed by atoms with Gasteiger partial charge in [0.25, 0.3) is 5.91 Å². The van der Waals surface area contributed by atoms with Gasteiger partial charge in [0.15, 0.2) is 0 Å². The highest BCUT2D eigenvalue weighted by molar-refractivity contribution is 7.09. The molecule has 2 aromatic heterocycles. The van der Waals surface area contributed by atoms with Crippen molar-refractivity contribution >= 4 is 29.1 Å². The third kappa shape index (κ3) is 5.58. The van der Waals surface area contributed by atoms with E-state index < -0.39 is 12.1 Å². The first-order valence-corrected chi connectivity index (χ1v) is 10.4. The number of likely N-dealkylation sites (tertiary alicyclic amines) is 2. The Hall–Kier alpha value is -3.09. The van der Waals surface area contributed by atoms with Gasteiger partial charge >= 0.3 is 12.1 Å². The van der Waals surface area contributed by atoms with Crippen LogP contribution in [-0.2, 0) is 16.1 Å². The summed E-state index contributed by atoms with van der Waals surface area (Å²) in [7, 11) is 0. The fourth-order valence-corrected chi connectivity index (χ4v) is 4.39. The molecule has 0 aromatic carbocycles. The number of thiazole rings is 1. The van der Waals surface area contributed by atoms with Gasteiger partial charge in [-0.05, 0) is 19.4 Å². The molecule has 9 nitrogen and oxygen atoms in total. The van der Waals surface area contributed by atoms with E-state index in [2.05, 4.69) is 15.2 Å². The number of carbonyl (C=O) groups excluding carboxylic acids is 2. The van der Waals surface area contributed by atoms with Crippen molar-refractivity contribution in [3.63, 3.8) is 0 Å². The zero-order valence-electron chi connectivity index (χ0n) is 17.0. The third-order valence-corrected chi connectivity index (χ3v) is 6.05. The Morgan fingerprint density at radius 1 is 1.28 bits per heavy atom. The lowest BCUT2D eigenvalue weighted by atomic mass is 9.86. The second kappa shape index (κ2) is 9.18. The number of amides is 2. The number of aliphatic carboxylic acids is 1. The Bertz CT molecular complexity index is 1000. The molecule has 0 bridgehead atoms. The number of rotatable bonds is 3. The van der Waals surface area contributed by atoms with Gasteiger partial charge in [0.1, 0.15) is 0 Å². The van der Waals surface area contributed by atoms with Crippen molar-refractivity contribution < 1.29 is 32.7 Å². The number of alkyl halides is 3. The monoisotopic (exact) mass is 471 g/mol. The molecule has 4 rings (SSSR count). The predicted molar refractivity (Wildman–Crippen MR) is 106 cm³/mol. The normalized spacial score (nSPS) is 20.4. The highest BCUT2D eigenvalue weighted by Gasteiger charge is 2.48. The van der Waals surface area contributed by atoms with Crippen molar-refractivity contribution in [1.82, 2.24) is 25.0 Å². The topological polar surface area (TPSA) is 117 Å². The predicted octanol–water partition coefficient (Wildman–Crippen LogP) is 2.14. The maximum Gasteiger partial charge on any atom is 0.490 e. The summed E-state index contributed by atoms with van der Waals surface area (Å²) in [6.45, 7) is 4.52. The van der Waals surface area contributed by atoms with Gasteiger partial charge in [-0.1, -0.05) is 0 Å². The van der Waals surface area contributed by atoms with Crippen LogP contribution in [0.3, 0.4) is 0 Å². The van der Waals surface area contributed by atoms with Gasteiger partial charge in [-0.3, -0.25) is 9.59 Å². The van der Waals surface area contributed by atoms with Crippen molar-refractivity contribution in [2.75, 3.05) is 19.6 Å². The van der Waals surface area contributed by atoms with Crippen LogP contribution in [0.2, 0.25) is 0 Å². The van der Waals surface area contributed by atoms with Crippen LogP contribution < -0.4 is 0 Å². The number of aromatic nitrogens is 3. The molecule has 0 radical (unpaired) electrons. The largest absolute Gasteiger partial charge is 0.490 e. The van der Waals surface area contributed by atoms with Crippen LogP contribution in [0.1, 0.15) is 33.9 Å². The summed E-state index contributed by atoms with van der Waals surface area (Å²) >= 11 is 1.60. The van der Waals surface area contributed by atoms with Crippen molar-refractivity contribution in [3.8, 4) is 0 Å². The van der Waals surface area contributed by atoms with Crippen LogP contribution in [0.5, 0.6) is 0 Å². The van der Waals surface area contributed by atoms with Gasteiger partial charge in [0, 0.05) is 36.9 Å². The second-order valence-electron chi connectivity index (χ2n) is 7.70. The van der Waals surface area contributed by atoms with Crippen LogP contribution in [0.25, 0.3) is 0 Å². The van der Waals surface area contributed by atoms with E-state index in [1.807, 2.05) is 22.1 Å². The second-order valence-corrected chi connectivity index (χ2v) is 8.76. The number of nitrogens with zero attached hydrogens (tertiary/aromatic N) is 5. The molecule has 2 aliphatic heterocycles. The Morgan fingerprint density at radius 3 is 2.56 bits per heavy atom. The molecule has 1 N–H and O–H groups in total. The average Bonchev–Trinajstić information content (AvgIpc) is 3.41. The fourth-order valence-electron chi connectivity index (χ4n) is 3.78. The van der Waals surface area contributed by atoms with E-state index in [0.717, 1.165) is 17.1 Å². The number of carboxylic acids is 1. The minimum absolute atomic E-state index is 0.0344. The van der Waals surface area contributed by atoms with Crippen LogP contribution in [0.15, 0.2) is 23.8 Å². The summed E-state index contributed by atoms with van der Waals surface area (Å²) in [6, 6.07) is 1.68. The van der Waals surface area contributed by atoms with Crippen LogP contribution in [0.4, 0.5) is 13.2 Å². The number of carbonyl (C=O) groups is 3. The molecule has 1 spiro atoms. The third-order valence-electron chi connectivity index (χ3n) is 5.22. The molecule has 2 aliphatic rings. The van der Waals surface area contributed by atoms with Crippen molar-refractivity contribution in [2.45, 2.75) is 32.5 Å². The molecular weight excluding hydrogens is 451 g/mol. The first kappa shape index (κ1) is 23.6. The summed E-state index contributed by atoms with van der Waals surface area (Å²) in [5.74, 6) is -2.63. The SMILES string of the molecule is Cc1nc(CN2CC3(CCN(C(=O)c4ccnnc4)C3)CC2=O)cs1.O=C(O)C(F)(F)F. The Kier molecular flexibility index (Phi) is 6.77. The molecule has 0 aliphatic carbocycles. The molecule has 2 aromatic rings. The first-order chi connectivity index (χ1) is 15.0. The maximum atomic E-state index is 12.6. The van der Waals surface area contributed by atoms with Crippen LogP contribution in [-0.4, -0.2) is 73.7 Å². The molecule has 13 heteroatoms. The number of hydrogen-bond donors (Lipinski definition) is 1. The summed E-state index contributed by atoms with van der Waals surface area (Å²) in [4.78, 5) is 42.1. The lowest BCUT2D eigenvalue weighted by Gasteiger charge is -2.24. The molecular formula is C19H20F3N5O4S.